The van der Waals surface area contributed by atoms with Gasteiger partial charge in [-0.2, -0.15) is 0 Å². The van der Waals surface area contributed by atoms with E-state index in [-0.39, 0.29) is 0 Å². The normalized spacial score (nSPS) is 13.2. The van der Waals surface area contributed by atoms with Crippen LogP contribution in [0.25, 0.3) is 0 Å². The van der Waals surface area contributed by atoms with Crippen LogP contribution in [0.4, 0.5) is 0 Å². The van der Waals surface area contributed by atoms with Crippen LogP contribution in [-0.2, 0) is 21.6 Å². The highest BCUT2D eigenvalue weighted by atomic mass is 35.5. The highest BCUT2D eigenvalue weighted by molar-refractivity contribution is 6.30. The van der Waals surface area contributed by atoms with Gasteiger partial charge in [0.05, 0.1) is 13.2 Å². The molecule has 1 atom stereocenters. The maximum absolute atomic E-state index is 6.73. The predicted octanol–water partition coefficient (Wildman–Crippen LogP) is 6.92. The molecule has 3 nitrogen and oxygen atoms in total. The van der Waals surface area contributed by atoms with E-state index in [0.717, 1.165) is 42.7 Å². The quantitative estimate of drug-likeness (QED) is 0.202. The summed E-state index contributed by atoms with van der Waals surface area (Å²) in [6, 6.07) is 27.3. The molecule has 0 amide bonds. The van der Waals surface area contributed by atoms with Crippen LogP contribution in [0.5, 0.6) is 0 Å². The monoisotopic (exact) mass is 465 g/mol. The van der Waals surface area contributed by atoms with Crippen LogP contribution < -0.4 is 0 Å². The summed E-state index contributed by atoms with van der Waals surface area (Å²) in [5.74, 6) is 0. The van der Waals surface area contributed by atoms with Crippen LogP contribution in [-0.4, -0.2) is 37.8 Å². The summed E-state index contributed by atoms with van der Waals surface area (Å²) in [6.45, 7) is 11.3. The van der Waals surface area contributed by atoms with Crippen LogP contribution in [0.3, 0.4) is 0 Å². The van der Waals surface area contributed by atoms with Gasteiger partial charge in [-0.15, -0.1) is 0 Å². The number of rotatable bonds is 13. The Morgan fingerprint density at radius 2 is 1.36 bits per heavy atom. The molecule has 3 rings (SSSR count). The molecule has 0 saturated heterocycles. The maximum Gasteiger partial charge on any atom is 0.143 e. The van der Waals surface area contributed by atoms with E-state index in [1.165, 1.54) is 5.56 Å². The summed E-state index contributed by atoms with van der Waals surface area (Å²) in [6.07, 6.45) is 1.16. The molecular formula is C29H36ClNO2. The van der Waals surface area contributed by atoms with Gasteiger partial charge >= 0.3 is 0 Å². The largest absolute Gasteiger partial charge is 0.379 e. The maximum atomic E-state index is 6.73. The molecule has 3 aromatic carbocycles. The molecule has 1 unspecified atom stereocenters. The third-order valence-corrected chi connectivity index (χ3v) is 6.19. The van der Waals surface area contributed by atoms with Crippen molar-refractivity contribution in [2.24, 2.45) is 0 Å². The predicted molar refractivity (Wildman–Crippen MR) is 138 cm³/mol. The van der Waals surface area contributed by atoms with Crippen LogP contribution in [0.2, 0.25) is 5.02 Å². The van der Waals surface area contributed by atoms with Gasteiger partial charge in [0.2, 0.25) is 0 Å². The molecule has 0 bridgehead atoms. The molecule has 0 N–H and O–H groups in total. The number of ether oxygens (including phenoxy) is 2. The second-order valence-corrected chi connectivity index (χ2v) is 8.60. The molecule has 0 aliphatic rings. The van der Waals surface area contributed by atoms with Crippen molar-refractivity contribution in [2.75, 3.05) is 32.9 Å². The Bertz CT molecular complexity index is 944. The summed E-state index contributed by atoms with van der Waals surface area (Å²) < 4.78 is 12.3. The van der Waals surface area contributed by atoms with Crippen molar-refractivity contribution in [3.05, 3.63) is 106 Å². The van der Waals surface area contributed by atoms with E-state index in [1.54, 1.807) is 0 Å². The zero-order valence-electron chi connectivity index (χ0n) is 20.1. The number of hydrogen-bond donors (Lipinski definition) is 0. The van der Waals surface area contributed by atoms with Gasteiger partial charge in [0, 0.05) is 18.2 Å². The topological polar surface area (TPSA) is 21.7 Å². The fourth-order valence-corrected chi connectivity index (χ4v) is 4.40. The third kappa shape index (κ3) is 6.45. The Balaban J connectivity index is 2.05. The van der Waals surface area contributed by atoms with Crippen molar-refractivity contribution in [3.63, 3.8) is 0 Å². The van der Waals surface area contributed by atoms with Crippen LogP contribution in [0.15, 0.2) is 78.9 Å². The summed E-state index contributed by atoms with van der Waals surface area (Å²) in [7, 11) is 0. The summed E-state index contributed by atoms with van der Waals surface area (Å²) >= 11 is 6.24. The Kier molecular flexibility index (Phi) is 9.95. The Morgan fingerprint density at radius 3 is 1.94 bits per heavy atom. The molecule has 0 aliphatic carbocycles. The second kappa shape index (κ2) is 12.9. The lowest BCUT2D eigenvalue weighted by Crippen LogP contribution is -2.34. The van der Waals surface area contributed by atoms with Gasteiger partial charge in [0.1, 0.15) is 5.60 Å². The van der Waals surface area contributed by atoms with Gasteiger partial charge in [0.15, 0.2) is 0 Å². The number of benzene rings is 3. The van der Waals surface area contributed by atoms with Crippen molar-refractivity contribution in [1.29, 1.82) is 0 Å². The standard InChI is InChI=1S/C29H36ClNO2/c1-4-20-31(5-2)23-24-12-14-26(15-13-24)29(33-22-21-32-6-3,25-10-8-7-9-11-25)27-16-18-28(30)19-17-27/h7-19H,4-6,20-23H2,1-3H3. The minimum absolute atomic E-state index is 0.479. The zero-order valence-corrected chi connectivity index (χ0v) is 20.9. The number of nitrogens with zero attached hydrogens (tertiary/aromatic N) is 1. The van der Waals surface area contributed by atoms with Crippen LogP contribution in [0, 0.1) is 0 Å². The molecule has 0 heterocycles. The summed E-state index contributed by atoms with van der Waals surface area (Å²) in [5.41, 5.74) is 3.77. The fraction of sp³-hybridized carbons (Fsp3) is 0.379. The van der Waals surface area contributed by atoms with Crippen molar-refractivity contribution < 1.29 is 9.47 Å². The molecule has 3 aromatic rings. The van der Waals surface area contributed by atoms with E-state index in [4.69, 9.17) is 21.1 Å². The minimum atomic E-state index is -0.755. The Hall–Kier alpha value is -2.17. The molecule has 0 saturated carbocycles. The first kappa shape index (κ1) is 25.5. The van der Waals surface area contributed by atoms with Gasteiger partial charge < -0.3 is 9.47 Å². The molecule has 0 aliphatic heterocycles. The lowest BCUT2D eigenvalue weighted by atomic mass is 9.79. The molecule has 0 aromatic heterocycles. The van der Waals surface area contributed by atoms with Crippen LogP contribution >= 0.6 is 11.6 Å². The number of hydrogen-bond acceptors (Lipinski definition) is 3. The van der Waals surface area contributed by atoms with Crippen molar-refractivity contribution >= 4 is 11.6 Å². The first-order chi connectivity index (χ1) is 16.1. The average Bonchev–Trinajstić information content (AvgIpc) is 2.86. The van der Waals surface area contributed by atoms with E-state index in [9.17, 15) is 0 Å². The van der Waals surface area contributed by atoms with Crippen molar-refractivity contribution in [1.82, 2.24) is 4.90 Å². The first-order valence-corrected chi connectivity index (χ1v) is 12.4. The molecular weight excluding hydrogens is 430 g/mol. The molecule has 0 fully saturated rings. The van der Waals surface area contributed by atoms with Crippen LogP contribution in [0.1, 0.15) is 49.4 Å². The highest BCUT2D eigenvalue weighted by Gasteiger charge is 2.37. The lowest BCUT2D eigenvalue weighted by Gasteiger charge is -2.36. The molecule has 4 heteroatoms. The fourth-order valence-electron chi connectivity index (χ4n) is 4.27. The van der Waals surface area contributed by atoms with Gasteiger partial charge in [-0.05, 0) is 60.8 Å². The first-order valence-electron chi connectivity index (χ1n) is 12.0. The third-order valence-electron chi connectivity index (χ3n) is 5.94. The van der Waals surface area contributed by atoms with Crippen molar-refractivity contribution in [2.45, 2.75) is 39.3 Å². The van der Waals surface area contributed by atoms with Gasteiger partial charge in [-0.25, -0.2) is 0 Å². The lowest BCUT2D eigenvalue weighted by molar-refractivity contribution is -0.0218. The molecule has 176 valence electrons. The SMILES string of the molecule is CCCN(CC)Cc1ccc(C(OCCOCC)(c2ccccc2)c2ccc(Cl)cc2)cc1. The van der Waals surface area contributed by atoms with E-state index in [0.29, 0.717) is 24.8 Å². The van der Waals surface area contributed by atoms with E-state index in [1.807, 2.05) is 25.1 Å². The number of halogens is 1. The molecule has 0 radical (unpaired) electrons. The van der Waals surface area contributed by atoms with Gasteiger partial charge in [-0.3, -0.25) is 4.90 Å². The average molecular weight is 466 g/mol. The molecule has 33 heavy (non-hydrogen) atoms. The zero-order chi connectivity index (χ0) is 23.5. The van der Waals surface area contributed by atoms with E-state index >= 15 is 0 Å². The molecule has 0 spiro atoms. The van der Waals surface area contributed by atoms with Gasteiger partial charge in [-0.1, -0.05) is 92.2 Å². The van der Waals surface area contributed by atoms with E-state index < -0.39 is 5.60 Å². The second-order valence-electron chi connectivity index (χ2n) is 8.17. The highest BCUT2D eigenvalue weighted by Crippen LogP contribution is 2.41. The smallest absolute Gasteiger partial charge is 0.143 e. The Labute approximate surface area is 204 Å². The minimum Gasteiger partial charge on any atom is -0.379 e. The van der Waals surface area contributed by atoms with E-state index in [2.05, 4.69) is 79.4 Å². The summed E-state index contributed by atoms with van der Waals surface area (Å²) in [5, 5.41) is 0.709. The summed E-state index contributed by atoms with van der Waals surface area (Å²) in [4.78, 5) is 2.47. The Morgan fingerprint density at radius 1 is 0.758 bits per heavy atom. The van der Waals surface area contributed by atoms with Gasteiger partial charge in [0.25, 0.3) is 0 Å². The van der Waals surface area contributed by atoms with Crippen molar-refractivity contribution in [3.8, 4) is 0 Å².